The van der Waals surface area contributed by atoms with Crippen molar-refractivity contribution in [3.63, 3.8) is 0 Å². The molecule has 1 aliphatic rings. The van der Waals surface area contributed by atoms with Crippen LogP contribution in [0.25, 0.3) is 0 Å². The standard InChI is InChI=1S/C17H26ClN3O/c1-3-19-17(20-13-14-5-7-15(18)8-6-14)21-11-9-16(10-12-21)22-4-2/h5-8,16H,3-4,9-13H2,1-2H3,(H,19,20). The molecular formula is C17H26ClN3O. The summed E-state index contributed by atoms with van der Waals surface area (Å²) < 4.78 is 5.71. The summed E-state index contributed by atoms with van der Waals surface area (Å²) in [6, 6.07) is 7.87. The molecule has 2 rings (SSSR count). The second-order valence-corrected chi connectivity index (χ2v) is 5.87. The van der Waals surface area contributed by atoms with Gasteiger partial charge in [-0.15, -0.1) is 0 Å². The van der Waals surface area contributed by atoms with Crippen LogP contribution in [0.2, 0.25) is 5.02 Å². The van der Waals surface area contributed by atoms with Crippen molar-refractivity contribution in [3.8, 4) is 0 Å². The van der Waals surface area contributed by atoms with Crippen LogP contribution >= 0.6 is 11.6 Å². The molecule has 1 aromatic rings. The fourth-order valence-electron chi connectivity index (χ4n) is 2.65. The highest BCUT2D eigenvalue weighted by Crippen LogP contribution is 2.14. The van der Waals surface area contributed by atoms with Crippen molar-refractivity contribution >= 4 is 17.6 Å². The van der Waals surface area contributed by atoms with Crippen LogP contribution in [0.3, 0.4) is 0 Å². The molecule has 0 radical (unpaired) electrons. The molecule has 0 aliphatic carbocycles. The molecule has 1 aromatic carbocycles. The number of nitrogens with one attached hydrogen (secondary N) is 1. The molecule has 0 aromatic heterocycles. The first-order chi connectivity index (χ1) is 10.7. The molecule has 4 nitrogen and oxygen atoms in total. The van der Waals surface area contributed by atoms with Crippen molar-refractivity contribution in [2.24, 2.45) is 4.99 Å². The number of hydrogen-bond donors (Lipinski definition) is 1. The van der Waals surface area contributed by atoms with Gasteiger partial charge in [0.1, 0.15) is 0 Å². The minimum atomic E-state index is 0.403. The SMILES string of the molecule is CCNC(=NCc1ccc(Cl)cc1)N1CCC(OCC)CC1. The second-order valence-electron chi connectivity index (χ2n) is 5.44. The lowest BCUT2D eigenvalue weighted by Crippen LogP contribution is -2.47. The number of benzene rings is 1. The van der Waals surface area contributed by atoms with Gasteiger partial charge in [0.25, 0.3) is 0 Å². The van der Waals surface area contributed by atoms with E-state index in [1.165, 1.54) is 5.56 Å². The Labute approximate surface area is 138 Å². The first-order valence-corrected chi connectivity index (χ1v) is 8.50. The Hall–Kier alpha value is -1.26. The van der Waals surface area contributed by atoms with E-state index in [-0.39, 0.29) is 0 Å². The van der Waals surface area contributed by atoms with Gasteiger partial charge in [-0.2, -0.15) is 0 Å². The van der Waals surface area contributed by atoms with Crippen LogP contribution in [0.4, 0.5) is 0 Å². The van der Waals surface area contributed by atoms with Crippen LogP contribution in [0.1, 0.15) is 32.3 Å². The lowest BCUT2D eigenvalue weighted by atomic mass is 10.1. The van der Waals surface area contributed by atoms with Crippen molar-refractivity contribution in [1.82, 2.24) is 10.2 Å². The van der Waals surface area contributed by atoms with E-state index in [1.807, 2.05) is 24.3 Å². The van der Waals surface area contributed by atoms with Gasteiger partial charge >= 0.3 is 0 Å². The van der Waals surface area contributed by atoms with E-state index in [1.54, 1.807) is 0 Å². The summed E-state index contributed by atoms with van der Waals surface area (Å²) in [5.41, 5.74) is 1.17. The average Bonchev–Trinajstić information content (AvgIpc) is 2.54. The van der Waals surface area contributed by atoms with E-state index < -0.39 is 0 Å². The van der Waals surface area contributed by atoms with Gasteiger partial charge < -0.3 is 15.0 Å². The summed E-state index contributed by atoms with van der Waals surface area (Å²) in [6.07, 6.45) is 2.54. The topological polar surface area (TPSA) is 36.9 Å². The molecule has 0 amide bonds. The largest absolute Gasteiger partial charge is 0.378 e. The molecule has 122 valence electrons. The number of guanidine groups is 1. The Morgan fingerprint density at radius 2 is 1.95 bits per heavy atom. The Morgan fingerprint density at radius 3 is 2.55 bits per heavy atom. The highest BCUT2D eigenvalue weighted by Gasteiger charge is 2.21. The smallest absolute Gasteiger partial charge is 0.194 e. The second kappa shape index (κ2) is 9.01. The Morgan fingerprint density at radius 1 is 1.27 bits per heavy atom. The fourth-order valence-corrected chi connectivity index (χ4v) is 2.78. The van der Waals surface area contributed by atoms with Gasteiger partial charge in [-0.3, -0.25) is 0 Å². The number of halogens is 1. The maximum Gasteiger partial charge on any atom is 0.194 e. The first-order valence-electron chi connectivity index (χ1n) is 8.12. The van der Waals surface area contributed by atoms with E-state index in [2.05, 4.69) is 24.1 Å². The van der Waals surface area contributed by atoms with E-state index in [9.17, 15) is 0 Å². The molecule has 1 aliphatic heterocycles. The van der Waals surface area contributed by atoms with E-state index in [0.717, 1.165) is 50.1 Å². The minimum Gasteiger partial charge on any atom is -0.378 e. The summed E-state index contributed by atoms with van der Waals surface area (Å²) in [4.78, 5) is 7.08. The number of piperidine rings is 1. The summed E-state index contributed by atoms with van der Waals surface area (Å²) in [5.74, 6) is 0.993. The molecule has 0 saturated carbocycles. The highest BCUT2D eigenvalue weighted by atomic mass is 35.5. The zero-order valence-corrected chi connectivity index (χ0v) is 14.3. The van der Waals surface area contributed by atoms with Gasteiger partial charge in [0.15, 0.2) is 5.96 Å². The molecule has 1 fully saturated rings. The molecule has 0 spiro atoms. The third-order valence-electron chi connectivity index (χ3n) is 3.80. The van der Waals surface area contributed by atoms with Gasteiger partial charge in [-0.05, 0) is 44.4 Å². The molecular weight excluding hydrogens is 298 g/mol. The summed E-state index contributed by atoms with van der Waals surface area (Å²) >= 11 is 5.92. The normalized spacial score (nSPS) is 16.9. The van der Waals surface area contributed by atoms with Crippen LogP contribution in [-0.4, -0.2) is 43.2 Å². The molecule has 0 atom stereocenters. The summed E-state index contributed by atoms with van der Waals surface area (Å²) in [5, 5.41) is 4.15. The molecule has 0 bridgehead atoms. The molecule has 5 heteroatoms. The third kappa shape index (κ3) is 5.18. The van der Waals surface area contributed by atoms with Crippen LogP contribution in [0, 0.1) is 0 Å². The van der Waals surface area contributed by atoms with Crippen LogP contribution in [-0.2, 0) is 11.3 Å². The Balaban J connectivity index is 1.94. The third-order valence-corrected chi connectivity index (χ3v) is 4.06. The lowest BCUT2D eigenvalue weighted by Gasteiger charge is -2.34. The predicted molar refractivity (Wildman–Crippen MR) is 92.5 cm³/mol. The van der Waals surface area contributed by atoms with Gasteiger partial charge in [0.05, 0.1) is 12.6 Å². The van der Waals surface area contributed by atoms with Gasteiger partial charge in [0.2, 0.25) is 0 Å². The number of nitrogens with zero attached hydrogens (tertiary/aromatic N) is 2. The predicted octanol–water partition coefficient (Wildman–Crippen LogP) is 3.31. The maximum atomic E-state index is 5.92. The number of likely N-dealkylation sites (tertiary alicyclic amines) is 1. The summed E-state index contributed by atoms with van der Waals surface area (Å²) in [6.45, 7) is 8.51. The number of hydrogen-bond acceptors (Lipinski definition) is 2. The zero-order valence-electron chi connectivity index (χ0n) is 13.5. The van der Waals surface area contributed by atoms with E-state index in [0.29, 0.717) is 12.6 Å². The average molecular weight is 324 g/mol. The Kier molecular flexibility index (Phi) is 7.00. The highest BCUT2D eigenvalue weighted by molar-refractivity contribution is 6.30. The van der Waals surface area contributed by atoms with Crippen LogP contribution < -0.4 is 5.32 Å². The van der Waals surface area contributed by atoms with Crippen molar-refractivity contribution in [2.75, 3.05) is 26.2 Å². The van der Waals surface area contributed by atoms with Crippen molar-refractivity contribution in [1.29, 1.82) is 0 Å². The monoisotopic (exact) mass is 323 g/mol. The van der Waals surface area contributed by atoms with E-state index in [4.69, 9.17) is 21.3 Å². The molecule has 1 saturated heterocycles. The molecule has 1 N–H and O–H groups in total. The van der Waals surface area contributed by atoms with Gasteiger partial charge in [-0.1, -0.05) is 23.7 Å². The fraction of sp³-hybridized carbons (Fsp3) is 0.588. The van der Waals surface area contributed by atoms with Crippen molar-refractivity contribution < 1.29 is 4.74 Å². The number of ether oxygens (including phenoxy) is 1. The molecule has 1 heterocycles. The lowest BCUT2D eigenvalue weighted by molar-refractivity contribution is 0.0263. The first kappa shape index (κ1) is 17.1. The van der Waals surface area contributed by atoms with Crippen molar-refractivity contribution in [2.45, 2.75) is 39.3 Å². The molecule has 0 unspecified atom stereocenters. The van der Waals surface area contributed by atoms with E-state index >= 15 is 0 Å². The molecule has 22 heavy (non-hydrogen) atoms. The zero-order chi connectivity index (χ0) is 15.8. The van der Waals surface area contributed by atoms with Gasteiger partial charge in [0, 0.05) is 31.3 Å². The minimum absolute atomic E-state index is 0.403. The van der Waals surface area contributed by atoms with Crippen LogP contribution in [0.15, 0.2) is 29.3 Å². The van der Waals surface area contributed by atoms with Crippen molar-refractivity contribution in [3.05, 3.63) is 34.9 Å². The quantitative estimate of drug-likeness (QED) is 0.667. The number of rotatable bonds is 5. The Bertz CT molecular complexity index is 467. The van der Waals surface area contributed by atoms with Crippen LogP contribution in [0.5, 0.6) is 0 Å². The van der Waals surface area contributed by atoms with Gasteiger partial charge in [-0.25, -0.2) is 4.99 Å². The number of aliphatic imine (C=N–C) groups is 1. The maximum absolute atomic E-state index is 5.92. The summed E-state index contributed by atoms with van der Waals surface area (Å²) in [7, 11) is 0.